The van der Waals surface area contributed by atoms with Crippen molar-refractivity contribution < 1.29 is 14.6 Å². The van der Waals surface area contributed by atoms with Gasteiger partial charge in [-0.1, -0.05) is 0 Å². The molecule has 0 radical (unpaired) electrons. The van der Waals surface area contributed by atoms with E-state index in [1.807, 2.05) is 19.5 Å². The van der Waals surface area contributed by atoms with Crippen LogP contribution in [0.2, 0.25) is 0 Å². The van der Waals surface area contributed by atoms with Gasteiger partial charge in [0.15, 0.2) is 0 Å². The Morgan fingerprint density at radius 3 is 3.06 bits per heavy atom. The minimum Gasteiger partial charge on any atom is -0.481 e. The maximum atomic E-state index is 11.1. The van der Waals surface area contributed by atoms with Gasteiger partial charge in [-0.2, -0.15) is 0 Å². The van der Waals surface area contributed by atoms with E-state index in [4.69, 9.17) is 9.84 Å². The molecule has 2 heterocycles. The van der Waals surface area contributed by atoms with E-state index in [2.05, 4.69) is 9.88 Å². The molecule has 1 aliphatic heterocycles. The molecular formula is C12H18N2O3S. The number of rotatable bonds is 5. The number of aliphatic carboxylic acids is 1. The summed E-state index contributed by atoms with van der Waals surface area (Å²) in [5.74, 6) is -1.17. The van der Waals surface area contributed by atoms with E-state index in [0.717, 1.165) is 18.7 Å². The van der Waals surface area contributed by atoms with Crippen LogP contribution in [0.3, 0.4) is 0 Å². The number of thiazole rings is 1. The molecule has 0 spiro atoms. The monoisotopic (exact) mass is 270 g/mol. The number of nitrogens with zero attached hydrogens (tertiary/aromatic N) is 2. The molecule has 6 heteroatoms. The summed E-state index contributed by atoms with van der Waals surface area (Å²) in [6, 6.07) is -0.0178. The molecule has 1 aliphatic rings. The lowest BCUT2D eigenvalue weighted by Gasteiger charge is -2.25. The van der Waals surface area contributed by atoms with Crippen LogP contribution in [0.4, 0.5) is 0 Å². The third-order valence-electron chi connectivity index (χ3n) is 3.47. The second-order valence-electron chi connectivity index (χ2n) is 4.64. The quantitative estimate of drug-likeness (QED) is 0.865. The van der Waals surface area contributed by atoms with Crippen LogP contribution in [0.5, 0.6) is 0 Å². The molecule has 18 heavy (non-hydrogen) atoms. The first-order chi connectivity index (χ1) is 8.59. The summed E-state index contributed by atoms with van der Waals surface area (Å²) >= 11 is 1.66. The average Bonchev–Trinajstić information content (AvgIpc) is 2.94. The zero-order valence-corrected chi connectivity index (χ0v) is 11.4. The molecule has 2 unspecified atom stereocenters. The predicted molar refractivity (Wildman–Crippen MR) is 68.9 cm³/mol. The van der Waals surface area contributed by atoms with E-state index in [-0.39, 0.29) is 6.04 Å². The van der Waals surface area contributed by atoms with Crippen LogP contribution in [-0.4, -0.2) is 53.8 Å². The fraction of sp³-hybridized carbons (Fsp3) is 0.667. The van der Waals surface area contributed by atoms with Crippen molar-refractivity contribution in [2.45, 2.75) is 19.4 Å². The fourth-order valence-corrected chi connectivity index (χ4v) is 2.99. The normalized spacial score (nSPS) is 23.7. The standard InChI is InChI=1S/C12H18N2O3S/c1-8-11(18-7-13-8)3-4-14(2)10-6-17-5-9(10)12(15)16/h7,9-10H,3-6H2,1-2H3,(H,15,16). The number of carboxylic acid groups (broad SMARTS) is 1. The Labute approximate surface area is 110 Å². The van der Waals surface area contributed by atoms with Crippen molar-refractivity contribution in [1.82, 2.24) is 9.88 Å². The van der Waals surface area contributed by atoms with Gasteiger partial charge in [-0.15, -0.1) is 11.3 Å². The summed E-state index contributed by atoms with van der Waals surface area (Å²) in [5.41, 5.74) is 2.93. The number of aromatic nitrogens is 1. The lowest BCUT2D eigenvalue weighted by atomic mass is 10.0. The molecule has 2 rings (SSSR count). The van der Waals surface area contributed by atoms with Gasteiger partial charge in [-0.25, -0.2) is 4.98 Å². The van der Waals surface area contributed by atoms with Gasteiger partial charge in [0.2, 0.25) is 0 Å². The molecule has 1 fully saturated rings. The minimum atomic E-state index is -0.765. The van der Waals surface area contributed by atoms with Gasteiger partial charge in [0.05, 0.1) is 30.3 Å². The predicted octanol–water partition coefficient (Wildman–Crippen LogP) is 1.03. The zero-order chi connectivity index (χ0) is 13.1. The molecule has 0 aliphatic carbocycles. The van der Waals surface area contributed by atoms with Crippen LogP contribution in [0.25, 0.3) is 0 Å². The third kappa shape index (κ3) is 2.88. The molecule has 100 valence electrons. The van der Waals surface area contributed by atoms with E-state index >= 15 is 0 Å². The van der Waals surface area contributed by atoms with Crippen LogP contribution in [0.1, 0.15) is 10.6 Å². The highest BCUT2D eigenvalue weighted by Gasteiger charge is 2.36. The highest BCUT2D eigenvalue weighted by molar-refractivity contribution is 7.09. The van der Waals surface area contributed by atoms with E-state index in [0.29, 0.717) is 13.2 Å². The summed E-state index contributed by atoms with van der Waals surface area (Å²) in [5, 5.41) is 9.11. The zero-order valence-electron chi connectivity index (χ0n) is 10.6. The molecule has 1 aromatic heterocycles. The summed E-state index contributed by atoms with van der Waals surface area (Å²) < 4.78 is 5.28. The highest BCUT2D eigenvalue weighted by atomic mass is 32.1. The fourth-order valence-electron chi connectivity index (χ4n) is 2.22. The van der Waals surface area contributed by atoms with E-state index in [9.17, 15) is 4.79 Å². The van der Waals surface area contributed by atoms with Crippen LogP contribution in [0.15, 0.2) is 5.51 Å². The lowest BCUT2D eigenvalue weighted by Crippen LogP contribution is -2.41. The summed E-state index contributed by atoms with van der Waals surface area (Å²) in [6.45, 7) is 3.67. The SMILES string of the molecule is Cc1ncsc1CCN(C)C1COCC1C(=O)O. The van der Waals surface area contributed by atoms with Gasteiger partial charge in [-0.3, -0.25) is 9.69 Å². The Bertz CT molecular complexity index is 421. The summed E-state index contributed by atoms with van der Waals surface area (Å²) in [7, 11) is 1.96. The lowest BCUT2D eigenvalue weighted by molar-refractivity contribution is -0.143. The van der Waals surface area contributed by atoms with Crippen LogP contribution in [-0.2, 0) is 16.0 Å². The van der Waals surface area contributed by atoms with Crippen molar-refractivity contribution in [3.05, 3.63) is 16.1 Å². The topological polar surface area (TPSA) is 62.7 Å². The molecule has 5 nitrogen and oxygen atoms in total. The first kappa shape index (κ1) is 13.5. The minimum absolute atomic E-state index is 0.0178. The molecule has 1 aromatic rings. The molecule has 2 atom stereocenters. The smallest absolute Gasteiger partial charge is 0.310 e. The third-order valence-corrected chi connectivity index (χ3v) is 4.47. The van der Waals surface area contributed by atoms with Crippen LogP contribution in [0, 0.1) is 12.8 Å². The average molecular weight is 270 g/mol. The molecule has 0 bridgehead atoms. The van der Waals surface area contributed by atoms with Crippen molar-refractivity contribution in [3.63, 3.8) is 0 Å². The molecule has 1 N–H and O–H groups in total. The Hall–Kier alpha value is -0.980. The number of hydrogen-bond donors (Lipinski definition) is 1. The van der Waals surface area contributed by atoms with E-state index in [1.54, 1.807) is 11.3 Å². The van der Waals surface area contributed by atoms with Crippen molar-refractivity contribution in [2.75, 3.05) is 26.8 Å². The first-order valence-electron chi connectivity index (χ1n) is 5.99. The molecule has 0 aromatic carbocycles. The second-order valence-corrected chi connectivity index (χ2v) is 5.58. The first-order valence-corrected chi connectivity index (χ1v) is 6.87. The number of likely N-dealkylation sites (N-methyl/N-ethyl adjacent to an activating group) is 1. The highest BCUT2D eigenvalue weighted by Crippen LogP contribution is 2.20. The van der Waals surface area contributed by atoms with Crippen molar-refractivity contribution in [2.24, 2.45) is 5.92 Å². The Balaban J connectivity index is 1.90. The number of aryl methyl sites for hydroxylation is 1. The Kier molecular flexibility index (Phi) is 4.31. The number of ether oxygens (including phenoxy) is 1. The van der Waals surface area contributed by atoms with Crippen LogP contribution < -0.4 is 0 Å². The van der Waals surface area contributed by atoms with Gasteiger partial charge in [0, 0.05) is 17.5 Å². The van der Waals surface area contributed by atoms with Gasteiger partial charge in [0.1, 0.15) is 0 Å². The summed E-state index contributed by atoms with van der Waals surface area (Å²) in [6.07, 6.45) is 0.913. The maximum absolute atomic E-state index is 11.1. The molecule has 0 saturated carbocycles. The van der Waals surface area contributed by atoms with Crippen molar-refractivity contribution in [3.8, 4) is 0 Å². The largest absolute Gasteiger partial charge is 0.481 e. The van der Waals surface area contributed by atoms with E-state index in [1.165, 1.54) is 4.88 Å². The van der Waals surface area contributed by atoms with Gasteiger partial charge >= 0.3 is 5.97 Å². The van der Waals surface area contributed by atoms with Crippen molar-refractivity contribution >= 4 is 17.3 Å². The van der Waals surface area contributed by atoms with E-state index < -0.39 is 11.9 Å². The van der Waals surface area contributed by atoms with Gasteiger partial charge < -0.3 is 9.84 Å². The Morgan fingerprint density at radius 2 is 2.44 bits per heavy atom. The maximum Gasteiger partial charge on any atom is 0.310 e. The number of carbonyl (C=O) groups is 1. The van der Waals surface area contributed by atoms with Crippen molar-refractivity contribution in [1.29, 1.82) is 0 Å². The number of carboxylic acids is 1. The molecule has 1 saturated heterocycles. The molecule has 0 amide bonds. The molecular weight excluding hydrogens is 252 g/mol. The number of hydrogen-bond acceptors (Lipinski definition) is 5. The Morgan fingerprint density at radius 1 is 1.67 bits per heavy atom. The van der Waals surface area contributed by atoms with Gasteiger partial charge in [-0.05, 0) is 20.4 Å². The second kappa shape index (κ2) is 5.77. The van der Waals surface area contributed by atoms with Gasteiger partial charge in [0.25, 0.3) is 0 Å². The summed E-state index contributed by atoms with van der Waals surface area (Å²) in [4.78, 5) is 18.7. The van der Waals surface area contributed by atoms with Crippen LogP contribution >= 0.6 is 11.3 Å².